The van der Waals surface area contributed by atoms with Crippen molar-refractivity contribution < 1.29 is 0 Å². The highest BCUT2D eigenvalue weighted by Crippen LogP contribution is 2.10. The fraction of sp³-hybridized carbons (Fsp3) is 0.556. The fourth-order valence-corrected chi connectivity index (χ4v) is 2.10. The van der Waals surface area contributed by atoms with Crippen LogP contribution in [0.15, 0.2) is 36.9 Å². The first-order valence-electron chi connectivity index (χ1n) is 7.53. The molecule has 1 aromatic carbocycles. The lowest BCUT2D eigenvalue weighted by atomic mass is 10.1. The van der Waals surface area contributed by atoms with Crippen LogP contribution >= 0.6 is 0 Å². The van der Waals surface area contributed by atoms with E-state index in [4.69, 9.17) is 0 Å². The van der Waals surface area contributed by atoms with Gasteiger partial charge in [-0.1, -0.05) is 30.3 Å². The Bertz CT molecular complexity index is 404. The molecule has 1 rings (SSSR count). The molecular formula is C18H30N2. The molecule has 0 aliphatic rings. The van der Waals surface area contributed by atoms with E-state index in [2.05, 4.69) is 68.9 Å². The first-order valence-corrected chi connectivity index (χ1v) is 7.53. The number of rotatable bonds is 8. The third-order valence-corrected chi connectivity index (χ3v) is 3.21. The van der Waals surface area contributed by atoms with E-state index in [9.17, 15) is 0 Å². The van der Waals surface area contributed by atoms with Gasteiger partial charge in [-0.2, -0.15) is 0 Å². The van der Waals surface area contributed by atoms with Gasteiger partial charge in [0.25, 0.3) is 0 Å². The summed E-state index contributed by atoms with van der Waals surface area (Å²) in [5.74, 6) is 0. The molecule has 0 aromatic heterocycles. The van der Waals surface area contributed by atoms with Gasteiger partial charge >= 0.3 is 0 Å². The van der Waals surface area contributed by atoms with Crippen molar-refractivity contribution in [2.45, 2.75) is 52.2 Å². The van der Waals surface area contributed by atoms with Gasteiger partial charge in [0.15, 0.2) is 0 Å². The standard InChI is InChI=1S/C18H30N2/c1-6-7-8-12-20(5)15-17-11-9-10-16(13-17)14-19-18(2,3)4/h6,9-11,13,19H,1,7-8,12,14-15H2,2-5H3. The van der Waals surface area contributed by atoms with Gasteiger partial charge in [0, 0.05) is 18.6 Å². The van der Waals surface area contributed by atoms with Crippen LogP contribution in [0.1, 0.15) is 44.7 Å². The molecule has 0 saturated heterocycles. The summed E-state index contributed by atoms with van der Waals surface area (Å²) in [5, 5.41) is 3.54. The maximum atomic E-state index is 3.77. The number of unbranched alkanes of at least 4 members (excludes halogenated alkanes) is 1. The lowest BCUT2D eigenvalue weighted by molar-refractivity contribution is 0.323. The first kappa shape index (κ1) is 16.9. The SMILES string of the molecule is C=CCCCN(C)Cc1cccc(CNC(C)(C)C)c1. The van der Waals surface area contributed by atoms with Crippen molar-refractivity contribution in [3.05, 3.63) is 48.0 Å². The van der Waals surface area contributed by atoms with E-state index in [-0.39, 0.29) is 5.54 Å². The zero-order valence-corrected chi connectivity index (χ0v) is 13.6. The van der Waals surface area contributed by atoms with Crippen molar-refractivity contribution in [3.63, 3.8) is 0 Å². The van der Waals surface area contributed by atoms with Crippen molar-refractivity contribution in [3.8, 4) is 0 Å². The summed E-state index contributed by atoms with van der Waals surface area (Å²) in [7, 11) is 2.18. The molecule has 0 aliphatic carbocycles. The average molecular weight is 274 g/mol. The van der Waals surface area contributed by atoms with Gasteiger partial charge in [-0.15, -0.1) is 6.58 Å². The van der Waals surface area contributed by atoms with E-state index in [0.29, 0.717) is 0 Å². The lowest BCUT2D eigenvalue weighted by Crippen LogP contribution is -2.35. The third kappa shape index (κ3) is 7.46. The second kappa shape index (κ2) is 8.23. The predicted octanol–water partition coefficient (Wildman–Crippen LogP) is 3.97. The Morgan fingerprint density at radius 1 is 1.25 bits per heavy atom. The fourth-order valence-electron chi connectivity index (χ4n) is 2.10. The topological polar surface area (TPSA) is 15.3 Å². The van der Waals surface area contributed by atoms with Gasteiger partial charge in [-0.05, 0) is 58.3 Å². The highest BCUT2D eigenvalue weighted by Gasteiger charge is 2.08. The summed E-state index contributed by atoms with van der Waals surface area (Å²) in [6.45, 7) is 13.4. The van der Waals surface area contributed by atoms with Crippen molar-refractivity contribution >= 4 is 0 Å². The van der Waals surface area contributed by atoms with Gasteiger partial charge in [0.05, 0.1) is 0 Å². The number of allylic oxidation sites excluding steroid dienone is 1. The van der Waals surface area contributed by atoms with E-state index in [1.165, 1.54) is 17.5 Å². The van der Waals surface area contributed by atoms with Crippen LogP contribution in [0.4, 0.5) is 0 Å². The van der Waals surface area contributed by atoms with Crippen molar-refractivity contribution in [2.24, 2.45) is 0 Å². The van der Waals surface area contributed by atoms with Crippen LogP contribution in [0, 0.1) is 0 Å². The maximum absolute atomic E-state index is 3.77. The quantitative estimate of drug-likeness (QED) is 0.570. The van der Waals surface area contributed by atoms with Crippen molar-refractivity contribution in [1.29, 1.82) is 0 Å². The summed E-state index contributed by atoms with van der Waals surface area (Å²) in [6.07, 6.45) is 4.28. The van der Waals surface area contributed by atoms with Crippen LogP contribution in [-0.4, -0.2) is 24.0 Å². The van der Waals surface area contributed by atoms with E-state index < -0.39 is 0 Å². The number of benzene rings is 1. The summed E-state index contributed by atoms with van der Waals surface area (Å²) in [6, 6.07) is 8.87. The normalized spacial score (nSPS) is 11.8. The zero-order chi connectivity index (χ0) is 15.0. The monoisotopic (exact) mass is 274 g/mol. The summed E-state index contributed by atoms with van der Waals surface area (Å²) >= 11 is 0. The molecule has 1 aromatic rings. The van der Waals surface area contributed by atoms with E-state index in [1.54, 1.807) is 0 Å². The van der Waals surface area contributed by atoms with E-state index >= 15 is 0 Å². The number of hydrogen-bond acceptors (Lipinski definition) is 2. The van der Waals surface area contributed by atoms with Gasteiger partial charge < -0.3 is 10.2 Å². The van der Waals surface area contributed by atoms with Gasteiger partial charge in [0.1, 0.15) is 0 Å². The predicted molar refractivity (Wildman–Crippen MR) is 88.8 cm³/mol. The van der Waals surface area contributed by atoms with Crippen LogP contribution in [0.3, 0.4) is 0 Å². The molecule has 0 heterocycles. The van der Waals surface area contributed by atoms with Gasteiger partial charge in [-0.25, -0.2) is 0 Å². The molecule has 0 aliphatic heterocycles. The Morgan fingerprint density at radius 2 is 1.95 bits per heavy atom. The Morgan fingerprint density at radius 3 is 2.60 bits per heavy atom. The maximum Gasteiger partial charge on any atom is 0.0230 e. The highest BCUT2D eigenvalue weighted by molar-refractivity contribution is 5.23. The molecule has 0 fully saturated rings. The van der Waals surface area contributed by atoms with Crippen LogP contribution in [0.2, 0.25) is 0 Å². The Labute approximate surface area is 124 Å². The number of nitrogens with one attached hydrogen (secondary N) is 1. The second-order valence-electron chi connectivity index (χ2n) is 6.59. The molecule has 0 spiro atoms. The Balaban J connectivity index is 2.48. The van der Waals surface area contributed by atoms with Crippen LogP contribution in [0.25, 0.3) is 0 Å². The van der Waals surface area contributed by atoms with E-state index in [1.807, 2.05) is 6.08 Å². The molecule has 1 N–H and O–H groups in total. The molecular weight excluding hydrogens is 244 g/mol. The molecule has 0 atom stereocenters. The molecule has 2 nitrogen and oxygen atoms in total. The van der Waals surface area contributed by atoms with Gasteiger partial charge in [-0.3, -0.25) is 0 Å². The number of nitrogens with zero attached hydrogens (tertiary/aromatic N) is 1. The average Bonchev–Trinajstić information content (AvgIpc) is 2.36. The van der Waals surface area contributed by atoms with Crippen molar-refractivity contribution in [2.75, 3.05) is 13.6 Å². The van der Waals surface area contributed by atoms with Gasteiger partial charge in [0.2, 0.25) is 0 Å². The largest absolute Gasteiger partial charge is 0.308 e. The summed E-state index contributed by atoms with van der Waals surface area (Å²) in [5.41, 5.74) is 2.91. The summed E-state index contributed by atoms with van der Waals surface area (Å²) in [4.78, 5) is 2.37. The highest BCUT2D eigenvalue weighted by atomic mass is 15.1. The number of hydrogen-bond donors (Lipinski definition) is 1. The molecule has 0 bridgehead atoms. The lowest BCUT2D eigenvalue weighted by Gasteiger charge is -2.21. The minimum absolute atomic E-state index is 0.164. The molecule has 0 saturated carbocycles. The third-order valence-electron chi connectivity index (χ3n) is 3.21. The smallest absolute Gasteiger partial charge is 0.0230 e. The minimum Gasteiger partial charge on any atom is -0.308 e. The molecule has 0 unspecified atom stereocenters. The molecule has 2 heteroatoms. The Hall–Kier alpha value is -1.12. The second-order valence-corrected chi connectivity index (χ2v) is 6.59. The Kier molecular flexibility index (Phi) is 6.97. The molecule has 0 radical (unpaired) electrons. The van der Waals surface area contributed by atoms with Crippen LogP contribution in [0.5, 0.6) is 0 Å². The molecule has 20 heavy (non-hydrogen) atoms. The van der Waals surface area contributed by atoms with Crippen LogP contribution in [-0.2, 0) is 13.1 Å². The minimum atomic E-state index is 0.164. The summed E-state index contributed by atoms with van der Waals surface area (Å²) < 4.78 is 0. The first-order chi connectivity index (χ1) is 9.40. The zero-order valence-electron chi connectivity index (χ0n) is 13.6. The van der Waals surface area contributed by atoms with Crippen molar-refractivity contribution in [1.82, 2.24) is 10.2 Å². The molecule has 112 valence electrons. The molecule has 0 amide bonds. The van der Waals surface area contributed by atoms with Crippen LogP contribution < -0.4 is 5.32 Å². The van der Waals surface area contributed by atoms with E-state index in [0.717, 1.165) is 26.1 Å².